The van der Waals surface area contributed by atoms with E-state index in [9.17, 15) is 9.59 Å². The van der Waals surface area contributed by atoms with E-state index in [0.29, 0.717) is 17.3 Å². The number of carboxylic acid groups (broad SMARTS) is 1. The fraction of sp³-hybridized carbons (Fsp3) is 0.250. The van der Waals surface area contributed by atoms with Gasteiger partial charge in [-0.2, -0.15) is 5.10 Å². The second-order valence-electron chi connectivity index (χ2n) is 3.18. The summed E-state index contributed by atoms with van der Waals surface area (Å²) in [6, 6.07) is 1.36. The molecule has 7 heteroatoms. The molecule has 78 valence electrons. The standard InChI is InChI=1S/C8H8N4O3/c1-4-2-6(13)12-8(9-4)10-5(11-12)3-7(14)15/h2H,3H2,1H3,(H,14,15)(H,9,10,11)/p+1. The molecule has 0 aliphatic rings. The van der Waals surface area contributed by atoms with Gasteiger partial charge in [0.05, 0.1) is 6.07 Å². The monoisotopic (exact) mass is 209 g/mol. The number of nitrogens with one attached hydrogen (secondary N) is 2. The van der Waals surface area contributed by atoms with Crippen molar-refractivity contribution >= 4 is 11.7 Å². The maximum Gasteiger partial charge on any atom is 0.385 e. The third kappa shape index (κ3) is 1.71. The lowest BCUT2D eigenvalue weighted by Crippen LogP contribution is -2.17. The molecule has 0 spiro atoms. The number of carbonyl (C=O) groups is 1. The number of aryl methyl sites for hydroxylation is 1. The van der Waals surface area contributed by atoms with Gasteiger partial charge in [-0.25, -0.2) is 4.98 Å². The van der Waals surface area contributed by atoms with Crippen molar-refractivity contribution in [1.29, 1.82) is 0 Å². The van der Waals surface area contributed by atoms with Crippen molar-refractivity contribution in [2.24, 2.45) is 0 Å². The highest BCUT2D eigenvalue weighted by Crippen LogP contribution is 1.92. The molecule has 0 aliphatic carbocycles. The van der Waals surface area contributed by atoms with Gasteiger partial charge in [0.2, 0.25) is 5.82 Å². The molecule has 0 amide bonds. The Labute approximate surface area is 83.4 Å². The largest absolute Gasteiger partial charge is 0.481 e. The number of H-pyrrole nitrogens is 2. The van der Waals surface area contributed by atoms with Crippen LogP contribution in [0.4, 0.5) is 0 Å². The van der Waals surface area contributed by atoms with Gasteiger partial charge in [-0.15, -0.1) is 4.98 Å². The normalized spacial score (nSPS) is 10.7. The highest BCUT2D eigenvalue weighted by Gasteiger charge is 2.14. The second kappa shape index (κ2) is 3.19. The molecule has 2 rings (SSSR count). The van der Waals surface area contributed by atoms with Gasteiger partial charge < -0.3 is 5.11 Å². The molecule has 0 fully saturated rings. The third-order valence-corrected chi connectivity index (χ3v) is 1.88. The minimum atomic E-state index is -0.984. The maximum atomic E-state index is 11.4. The Morgan fingerprint density at radius 2 is 2.47 bits per heavy atom. The minimum absolute atomic E-state index is 0.207. The van der Waals surface area contributed by atoms with E-state index in [2.05, 4.69) is 15.1 Å². The Morgan fingerprint density at radius 3 is 3.13 bits per heavy atom. The summed E-state index contributed by atoms with van der Waals surface area (Å²) in [5.74, 6) is -0.337. The number of rotatable bonds is 2. The van der Waals surface area contributed by atoms with Crippen LogP contribution in [0.3, 0.4) is 0 Å². The first-order chi connectivity index (χ1) is 7.06. The first kappa shape index (κ1) is 9.38. The molecule has 0 radical (unpaired) electrons. The molecule has 0 bridgehead atoms. The summed E-state index contributed by atoms with van der Waals surface area (Å²) in [6.07, 6.45) is -0.207. The first-order valence-electron chi connectivity index (χ1n) is 4.28. The summed E-state index contributed by atoms with van der Waals surface area (Å²) in [5, 5.41) is 11.2. The van der Waals surface area contributed by atoms with Crippen molar-refractivity contribution in [3.8, 4) is 0 Å². The third-order valence-electron chi connectivity index (χ3n) is 1.88. The Kier molecular flexibility index (Phi) is 2.00. The molecule has 0 saturated heterocycles. The Morgan fingerprint density at radius 1 is 1.73 bits per heavy atom. The van der Waals surface area contributed by atoms with E-state index in [1.54, 1.807) is 6.92 Å². The average molecular weight is 209 g/mol. The molecule has 2 aromatic rings. The zero-order valence-corrected chi connectivity index (χ0v) is 7.94. The molecule has 0 saturated carbocycles. The average Bonchev–Trinajstić information content (AvgIpc) is 2.45. The molecule has 0 aromatic carbocycles. The van der Waals surface area contributed by atoms with Crippen LogP contribution in [0.1, 0.15) is 11.5 Å². The fourth-order valence-electron chi connectivity index (χ4n) is 1.32. The summed E-state index contributed by atoms with van der Waals surface area (Å²) < 4.78 is 1.17. The Balaban J connectivity index is 2.60. The van der Waals surface area contributed by atoms with E-state index < -0.39 is 5.97 Å². The number of hydrogen-bond donors (Lipinski definition) is 2. The minimum Gasteiger partial charge on any atom is -0.481 e. The van der Waals surface area contributed by atoms with Crippen LogP contribution in [0.2, 0.25) is 0 Å². The molecular formula is C8H9N4O3+. The molecular weight excluding hydrogens is 200 g/mol. The van der Waals surface area contributed by atoms with Crippen molar-refractivity contribution in [3.63, 3.8) is 0 Å². The Bertz CT molecular complexity index is 583. The van der Waals surface area contributed by atoms with Gasteiger partial charge in [0.15, 0.2) is 0 Å². The van der Waals surface area contributed by atoms with Gasteiger partial charge in [-0.3, -0.25) is 9.59 Å². The van der Waals surface area contributed by atoms with E-state index in [0.717, 1.165) is 0 Å². The van der Waals surface area contributed by atoms with Crippen LogP contribution >= 0.6 is 0 Å². The summed E-state index contributed by atoms with van der Waals surface area (Å²) in [5.41, 5.74) is 0.308. The van der Waals surface area contributed by atoms with Crippen LogP contribution in [0, 0.1) is 6.92 Å². The van der Waals surface area contributed by atoms with Crippen molar-refractivity contribution in [2.75, 3.05) is 0 Å². The summed E-state index contributed by atoms with van der Waals surface area (Å²) >= 11 is 0. The molecule has 2 heterocycles. The fourth-order valence-corrected chi connectivity index (χ4v) is 1.32. The predicted molar refractivity (Wildman–Crippen MR) is 48.4 cm³/mol. The van der Waals surface area contributed by atoms with Gasteiger partial charge in [0.1, 0.15) is 12.1 Å². The number of aromatic nitrogens is 4. The topological polar surface area (TPSA) is 102 Å². The number of carboxylic acids is 1. The summed E-state index contributed by atoms with van der Waals surface area (Å²) in [7, 11) is 0. The number of nitrogens with zero attached hydrogens (tertiary/aromatic N) is 2. The van der Waals surface area contributed by atoms with Gasteiger partial charge in [0.25, 0.3) is 0 Å². The van der Waals surface area contributed by atoms with Crippen LogP contribution in [0.15, 0.2) is 10.9 Å². The number of aliphatic carboxylic acids is 1. The summed E-state index contributed by atoms with van der Waals surface area (Å²) in [6.45, 7) is 1.69. The zero-order valence-electron chi connectivity index (χ0n) is 7.94. The van der Waals surface area contributed by atoms with Crippen LogP contribution in [0.5, 0.6) is 0 Å². The van der Waals surface area contributed by atoms with E-state index in [-0.39, 0.29) is 12.0 Å². The molecule has 0 atom stereocenters. The predicted octanol–water partition coefficient (Wildman–Crippen LogP) is -1.23. The van der Waals surface area contributed by atoms with Crippen molar-refractivity contribution in [2.45, 2.75) is 13.3 Å². The highest BCUT2D eigenvalue weighted by molar-refractivity contribution is 5.68. The number of hydrogen-bond acceptors (Lipinski definition) is 3. The lowest BCUT2D eigenvalue weighted by molar-refractivity contribution is -0.361. The number of fused-ring (bicyclic) bond motifs is 1. The lowest BCUT2D eigenvalue weighted by Gasteiger charge is -1.83. The SMILES string of the molecule is Cc1cc(=O)n2[nH]c(CC(=O)O)[nH+]c2n1. The maximum absolute atomic E-state index is 11.4. The summed E-state index contributed by atoms with van der Waals surface area (Å²) in [4.78, 5) is 28.6. The van der Waals surface area contributed by atoms with Gasteiger partial charge >= 0.3 is 17.3 Å². The molecule has 0 unspecified atom stereocenters. The molecule has 0 aliphatic heterocycles. The van der Waals surface area contributed by atoms with E-state index in [1.807, 2.05) is 0 Å². The van der Waals surface area contributed by atoms with E-state index in [4.69, 9.17) is 5.11 Å². The van der Waals surface area contributed by atoms with Gasteiger partial charge in [-0.1, -0.05) is 4.52 Å². The van der Waals surface area contributed by atoms with Gasteiger partial charge in [-0.05, 0) is 6.92 Å². The molecule has 7 nitrogen and oxygen atoms in total. The van der Waals surface area contributed by atoms with E-state index >= 15 is 0 Å². The van der Waals surface area contributed by atoms with Crippen LogP contribution in [0.25, 0.3) is 5.78 Å². The molecule has 3 N–H and O–H groups in total. The lowest BCUT2D eigenvalue weighted by atomic mass is 10.4. The molecule has 2 aromatic heterocycles. The second-order valence-corrected chi connectivity index (χ2v) is 3.18. The zero-order chi connectivity index (χ0) is 11.0. The van der Waals surface area contributed by atoms with Crippen molar-refractivity contribution < 1.29 is 14.9 Å². The van der Waals surface area contributed by atoms with Crippen molar-refractivity contribution in [3.05, 3.63) is 27.9 Å². The highest BCUT2D eigenvalue weighted by atomic mass is 16.4. The smallest absolute Gasteiger partial charge is 0.385 e. The quantitative estimate of drug-likeness (QED) is 0.646. The Hall–Kier alpha value is -2.18. The molecule has 15 heavy (non-hydrogen) atoms. The first-order valence-corrected chi connectivity index (χ1v) is 4.28. The van der Waals surface area contributed by atoms with Crippen LogP contribution in [-0.4, -0.2) is 25.7 Å². The van der Waals surface area contributed by atoms with Crippen molar-refractivity contribution in [1.82, 2.24) is 14.6 Å². The van der Waals surface area contributed by atoms with Gasteiger partial charge in [0, 0.05) is 0 Å². The van der Waals surface area contributed by atoms with Crippen LogP contribution in [-0.2, 0) is 11.2 Å². The van der Waals surface area contributed by atoms with E-state index in [1.165, 1.54) is 10.6 Å². The van der Waals surface area contributed by atoms with Crippen LogP contribution < -0.4 is 10.5 Å². The number of aromatic amines is 2.